The highest BCUT2D eigenvalue weighted by Crippen LogP contribution is 2.36. The molecule has 1 aliphatic rings. The SMILES string of the molecule is CC(=O)C1CCN(c2ccc(C(F)(F)F)cc2Br)CC1. The van der Waals surface area contributed by atoms with E-state index < -0.39 is 11.7 Å². The van der Waals surface area contributed by atoms with Gasteiger partial charge >= 0.3 is 6.18 Å². The third kappa shape index (κ3) is 3.34. The average molecular weight is 350 g/mol. The zero-order valence-electron chi connectivity index (χ0n) is 11.0. The molecule has 6 heteroatoms. The molecule has 2 rings (SSSR count). The highest BCUT2D eigenvalue weighted by atomic mass is 79.9. The molecule has 0 amide bonds. The van der Waals surface area contributed by atoms with Crippen molar-refractivity contribution in [2.75, 3.05) is 18.0 Å². The summed E-state index contributed by atoms with van der Waals surface area (Å²) in [6.07, 6.45) is -2.83. The lowest BCUT2D eigenvalue weighted by Crippen LogP contribution is -2.36. The second-order valence-electron chi connectivity index (χ2n) is 5.04. The topological polar surface area (TPSA) is 20.3 Å². The smallest absolute Gasteiger partial charge is 0.371 e. The molecule has 0 atom stereocenters. The first-order valence-corrected chi connectivity index (χ1v) is 7.20. The van der Waals surface area contributed by atoms with Crippen LogP contribution in [-0.4, -0.2) is 18.9 Å². The van der Waals surface area contributed by atoms with E-state index in [4.69, 9.17) is 0 Å². The maximum Gasteiger partial charge on any atom is 0.416 e. The minimum Gasteiger partial charge on any atom is -0.371 e. The lowest BCUT2D eigenvalue weighted by atomic mass is 9.93. The lowest BCUT2D eigenvalue weighted by Gasteiger charge is -2.33. The number of carbonyl (C=O) groups excluding carboxylic acids is 1. The van der Waals surface area contributed by atoms with Crippen LogP contribution >= 0.6 is 15.9 Å². The Labute approximate surface area is 124 Å². The molecule has 1 saturated heterocycles. The van der Waals surface area contributed by atoms with Crippen LogP contribution in [0.1, 0.15) is 25.3 Å². The summed E-state index contributed by atoms with van der Waals surface area (Å²) in [7, 11) is 0. The molecular weight excluding hydrogens is 335 g/mol. The van der Waals surface area contributed by atoms with Crippen LogP contribution in [0, 0.1) is 5.92 Å². The van der Waals surface area contributed by atoms with Crippen molar-refractivity contribution in [3.8, 4) is 0 Å². The Kier molecular flexibility index (Phi) is 4.42. The molecule has 20 heavy (non-hydrogen) atoms. The summed E-state index contributed by atoms with van der Waals surface area (Å²) in [5.74, 6) is 0.274. The van der Waals surface area contributed by atoms with Gasteiger partial charge in [-0.3, -0.25) is 4.79 Å². The molecule has 1 fully saturated rings. The molecule has 110 valence electrons. The summed E-state index contributed by atoms with van der Waals surface area (Å²) in [5.41, 5.74) is 0.0896. The summed E-state index contributed by atoms with van der Waals surface area (Å²) in [4.78, 5) is 13.3. The van der Waals surface area contributed by atoms with E-state index in [1.165, 1.54) is 6.07 Å². The highest BCUT2D eigenvalue weighted by molar-refractivity contribution is 9.10. The maximum absolute atomic E-state index is 12.6. The van der Waals surface area contributed by atoms with Crippen molar-refractivity contribution >= 4 is 27.4 Å². The maximum atomic E-state index is 12.6. The van der Waals surface area contributed by atoms with Gasteiger partial charge < -0.3 is 4.90 Å². The molecule has 0 bridgehead atoms. The van der Waals surface area contributed by atoms with E-state index in [-0.39, 0.29) is 11.7 Å². The van der Waals surface area contributed by atoms with Crippen LogP contribution in [0.15, 0.2) is 22.7 Å². The van der Waals surface area contributed by atoms with Gasteiger partial charge in [0.25, 0.3) is 0 Å². The molecule has 0 radical (unpaired) electrons. The Morgan fingerprint density at radius 3 is 2.35 bits per heavy atom. The van der Waals surface area contributed by atoms with Crippen LogP contribution < -0.4 is 4.90 Å². The first kappa shape index (κ1) is 15.4. The summed E-state index contributed by atoms with van der Waals surface area (Å²) >= 11 is 3.21. The molecular formula is C14H15BrF3NO. The second-order valence-corrected chi connectivity index (χ2v) is 5.89. The number of benzene rings is 1. The number of hydrogen-bond acceptors (Lipinski definition) is 2. The van der Waals surface area contributed by atoms with Crippen LogP contribution in [0.5, 0.6) is 0 Å². The molecule has 0 aliphatic carbocycles. The van der Waals surface area contributed by atoms with E-state index in [0.29, 0.717) is 17.6 Å². The van der Waals surface area contributed by atoms with Gasteiger partial charge in [0.2, 0.25) is 0 Å². The number of carbonyl (C=O) groups is 1. The summed E-state index contributed by atoms with van der Waals surface area (Å²) < 4.78 is 38.3. The number of ketones is 1. The Morgan fingerprint density at radius 1 is 1.30 bits per heavy atom. The van der Waals surface area contributed by atoms with Crippen molar-refractivity contribution in [2.45, 2.75) is 25.9 Å². The number of nitrogens with zero attached hydrogens (tertiary/aromatic N) is 1. The summed E-state index contributed by atoms with van der Waals surface area (Å²) in [5, 5.41) is 0. The predicted octanol–water partition coefficient (Wildman–Crippen LogP) is 4.27. The van der Waals surface area contributed by atoms with E-state index >= 15 is 0 Å². The zero-order chi connectivity index (χ0) is 14.9. The molecule has 0 aromatic heterocycles. The molecule has 1 aliphatic heterocycles. The number of Topliss-reactive ketones (excluding diaryl/α,β-unsaturated/α-hetero) is 1. The Bertz CT molecular complexity index is 508. The van der Waals surface area contributed by atoms with Gasteiger partial charge in [0.1, 0.15) is 5.78 Å². The molecule has 1 heterocycles. The first-order chi connectivity index (χ1) is 9.29. The monoisotopic (exact) mass is 349 g/mol. The third-order valence-electron chi connectivity index (χ3n) is 3.69. The van der Waals surface area contributed by atoms with E-state index in [9.17, 15) is 18.0 Å². The van der Waals surface area contributed by atoms with Crippen molar-refractivity contribution in [2.24, 2.45) is 5.92 Å². The van der Waals surface area contributed by atoms with Gasteiger partial charge in [0, 0.05) is 23.5 Å². The standard InChI is InChI=1S/C14H15BrF3NO/c1-9(20)10-4-6-19(7-5-10)13-3-2-11(8-12(13)15)14(16,17)18/h2-3,8,10H,4-7H2,1H3. The summed E-state index contributed by atoms with van der Waals surface area (Å²) in [6.45, 7) is 2.97. The fourth-order valence-corrected chi connectivity index (χ4v) is 3.10. The number of rotatable bonds is 2. The lowest BCUT2D eigenvalue weighted by molar-refractivity contribution is -0.137. The van der Waals surface area contributed by atoms with E-state index in [1.807, 2.05) is 4.90 Å². The predicted molar refractivity (Wildman–Crippen MR) is 74.8 cm³/mol. The second kappa shape index (κ2) is 5.76. The van der Waals surface area contributed by atoms with Gasteiger partial charge in [0.15, 0.2) is 0 Å². The van der Waals surface area contributed by atoms with Crippen molar-refractivity contribution in [1.29, 1.82) is 0 Å². The fourth-order valence-electron chi connectivity index (χ4n) is 2.47. The number of hydrogen-bond donors (Lipinski definition) is 0. The fraction of sp³-hybridized carbons (Fsp3) is 0.500. The van der Waals surface area contributed by atoms with Crippen LogP contribution in [0.2, 0.25) is 0 Å². The van der Waals surface area contributed by atoms with Gasteiger partial charge in [-0.05, 0) is 53.9 Å². The van der Waals surface area contributed by atoms with Crippen molar-refractivity contribution < 1.29 is 18.0 Å². The van der Waals surface area contributed by atoms with Gasteiger partial charge in [-0.1, -0.05) is 0 Å². The van der Waals surface area contributed by atoms with E-state index in [0.717, 1.165) is 30.7 Å². The number of alkyl halides is 3. The van der Waals surface area contributed by atoms with Crippen LogP contribution in [0.25, 0.3) is 0 Å². The highest BCUT2D eigenvalue weighted by Gasteiger charge is 2.31. The van der Waals surface area contributed by atoms with Crippen LogP contribution in [0.4, 0.5) is 18.9 Å². The van der Waals surface area contributed by atoms with Crippen molar-refractivity contribution in [3.63, 3.8) is 0 Å². The van der Waals surface area contributed by atoms with E-state index in [2.05, 4.69) is 15.9 Å². The van der Waals surface area contributed by atoms with Gasteiger partial charge in [-0.2, -0.15) is 13.2 Å². The quantitative estimate of drug-likeness (QED) is 0.794. The Morgan fingerprint density at radius 2 is 1.90 bits per heavy atom. The van der Waals surface area contributed by atoms with Gasteiger partial charge in [0.05, 0.1) is 11.3 Å². The zero-order valence-corrected chi connectivity index (χ0v) is 12.6. The number of piperidine rings is 1. The molecule has 1 aromatic carbocycles. The van der Waals surface area contributed by atoms with E-state index in [1.54, 1.807) is 6.92 Å². The minimum absolute atomic E-state index is 0.0828. The molecule has 0 N–H and O–H groups in total. The van der Waals surface area contributed by atoms with Crippen LogP contribution in [-0.2, 0) is 11.0 Å². The largest absolute Gasteiger partial charge is 0.416 e. The third-order valence-corrected chi connectivity index (χ3v) is 4.32. The molecule has 0 saturated carbocycles. The number of halogens is 4. The number of anilines is 1. The minimum atomic E-state index is -4.33. The Hall–Kier alpha value is -1.04. The van der Waals surface area contributed by atoms with Crippen molar-refractivity contribution in [3.05, 3.63) is 28.2 Å². The molecule has 1 aromatic rings. The normalized spacial score (nSPS) is 17.4. The van der Waals surface area contributed by atoms with Crippen molar-refractivity contribution in [1.82, 2.24) is 0 Å². The summed E-state index contributed by atoms with van der Waals surface area (Å²) in [6, 6.07) is 3.69. The molecule has 2 nitrogen and oxygen atoms in total. The van der Waals surface area contributed by atoms with Gasteiger partial charge in [-0.15, -0.1) is 0 Å². The first-order valence-electron chi connectivity index (χ1n) is 6.41. The van der Waals surface area contributed by atoms with Gasteiger partial charge in [-0.25, -0.2) is 0 Å². The average Bonchev–Trinajstić information content (AvgIpc) is 2.37. The molecule has 0 unspecified atom stereocenters. The van der Waals surface area contributed by atoms with Crippen LogP contribution in [0.3, 0.4) is 0 Å². The molecule has 0 spiro atoms. The Balaban J connectivity index is 2.13.